The van der Waals surface area contributed by atoms with Crippen LogP contribution in [0.1, 0.15) is 49.3 Å². The van der Waals surface area contributed by atoms with Gasteiger partial charge in [0.2, 0.25) is 5.91 Å². The first-order chi connectivity index (χ1) is 15.4. The van der Waals surface area contributed by atoms with Gasteiger partial charge in [0.05, 0.1) is 11.9 Å². The van der Waals surface area contributed by atoms with Crippen molar-refractivity contribution in [1.82, 2.24) is 5.32 Å². The molecule has 8 heteroatoms. The molecule has 0 aromatic heterocycles. The van der Waals surface area contributed by atoms with Gasteiger partial charge in [-0.25, -0.2) is 0 Å². The van der Waals surface area contributed by atoms with Crippen LogP contribution in [0.3, 0.4) is 0 Å². The molecular weight excluding hydrogens is 439 g/mol. The third kappa shape index (κ3) is 6.34. The molecule has 1 amide bonds. The number of nitrogens with one attached hydrogen (secondary N) is 1. The summed E-state index contributed by atoms with van der Waals surface area (Å²) in [5.74, 6) is 0.530. The van der Waals surface area contributed by atoms with Crippen molar-refractivity contribution in [2.45, 2.75) is 62.3 Å². The highest BCUT2D eigenvalue weighted by molar-refractivity contribution is 8.00. The average Bonchev–Trinajstić information content (AvgIpc) is 2.79. The van der Waals surface area contributed by atoms with E-state index >= 15 is 0 Å². The van der Waals surface area contributed by atoms with E-state index in [1.807, 2.05) is 36.4 Å². The van der Waals surface area contributed by atoms with Crippen molar-refractivity contribution in [2.75, 3.05) is 5.75 Å². The molecule has 0 saturated heterocycles. The van der Waals surface area contributed by atoms with Crippen molar-refractivity contribution in [1.29, 1.82) is 0 Å². The monoisotopic (exact) mass is 465 g/mol. The maximum absolute atomic E-state index is 12.2. The number of thioether (sulfide) groups is 1. The number of benzene rings is 2. The minimum absolute atomic E-state index is 0.0346. The van der Waals surface area contributed by atoms with Crippen molar-refractivity contribution in [3.8, 4) is 11.5 Å². The lowest BCUT2D eigenvalue weighted by Crippen LogP contribution is -2.40. The highest BCUT2D eigenvalue weighted by Gasteiger charge is 2.30. The Morgan fingerprint density at radius 3 is 2.53 bits per heavy atom. The van der Waals surface area contributed by atoms with E-state index in [0.717, 1.165) is 42.7 Å². The molecule has 32 heavy (non-hydrogen) atoms. The molecule has 0 bridgehead atoms. The minimum Gasteiger partial charge on any atom is -0.490 e. The Hall–Kier alpha value is -2.35. The van der Waals surface area contributed by atoms with Gasteiger partial charge < -0.3 is 14.8 Å². The maximum Gasteiger partial charge on any atom is 0.442 e. The van der Waals surface area contributed by atoms with Gasteiger partial charge in [-0.15, -0.1) is 0 Å². The van der Waals surface area contributed by atoms with Crippen molar-refractivity contribution in [3.63, 3.8) is 0 Å². The number of amides is 1. The maximum atomic E-state index is 12.2. The summed E-state index contributed by atoms with van der Waals surface area (Å²) in [5.41, 5.74) is -2.07. The van der Waals surface area contributed by atoms with Crippen LogP contribution in [-0.2, 0) is 11.2 Å². The van der Waals surface area contributed by atoms with Gasteiger partial charge in [0.25, 0.3) is 0 Å². The fraction of sp³-hybridized carbons (Fsp3) is 0.458. The summed E-state index contributed by atoms with van der Waals surface area (Å²) in [5, 5.41) is 2.70. The van der Waals surface area contributed by atoms with Gasteiger partial charge in [-0.2, -0.15) is 13.2 Å². The largest absolute Gasteiger partial charge is 0.490 e. The first kappa shape index (κ1) is 22.8. The van der Waals surface area contributed by atoms with Crippen LogP contribution in [0.4, 0.5) is 13.2 Å². The van der Waals surface area contributed by atoms with Crippen LogP contribution in [0.2, 0.25) is 0 Å². The van der Waals surface area contributed by atoms with E-state index < -0.39 is 17.2 Å². The SMILES string of the molecule is O=C(CSC(F)(F)F)NC1CCC(Oc2ccc3c(c2)CCC(c2ccccc2)O3)CC1. The van der Waals surface area contributed by atoms with E-state index in [4.69, 9.17) is 9.47 Å². The van der Waals surface area contributed by atoms with Crippen LogP contribution in [0, 0.1) is 0 Å². The number of alkyl halides is 3. The molecule has 4 nitrogen and oxygen atoms in total. The summed E-state index contributed by atoms with van der Waals surface area (Å²) < 4.78 is 49.0. The van der Waals surface area contributed by atoms with E-state index in [1.165, 1.54) is 5.56 Å². The Morgan fingerprint density at radius 1 is 1.06 bits per heavy atom. The fourth-order valence-corrected chi connectivity index (χ4v) is 4.65. The molecule has 1 saturated carbocycles. The summed E-state index contributed by atoms with van der Waals surface area (Å²) in [6.45, 7) is 0. The molecule has 1 aliphatic heterocycles. The second-order valence-corrected chi connectivity index (χ2v) is 9.26. The average molecular weight is 466 g/mol. The van der Waals surface area contributed by atoms with Crippen LogP contribution >= 0.6 is 11.8 Å². The molecule has 1 atom stereocenters. The standard InChI is InChI=1S/C24H26F3NO3S/c25-24(26,27)32-15-23(29)28-18-7-9-19(10-8-18)30-20-11-13-22-17(14-20)6-12-21(31-22)16-4-2-1-3-5-16/h1-5,11,13-14,18-19,21H,6-10,12,15H2,(H,28,29). The quantitative estimate of drug-likeness (QED) is 0.585. The van der Waals surface area contributed by atoms with Gasteiger partial charge in [-0.1, -0.05) is 30.3 Å². The Balaban J connectivity index is 1.24. The molecule has 1 fully saturated rings. The number of ether oxygens (including phenoxy) is 2. The van der Waals surface area contributed by atoms with Gasteiger partial charge in [0.15, 0.2) is 0 Å². The van der Waals surface area contributed by atoms with Crippen LogP contribution in [0.25, 0.3) is 0 Å². The highest BCUT2D eigenvalue weighted by atomic mass is 32.2. The first-order valence-corrected chi connectivity index (χ1v) is 11.9. The van der Waals surface area contributed by atoms with E-state index in [0.29, 0.717) is 12.8 Å². The van der Waals surface area contributed by atoms with Crippen molar-refractivity contribution < 1.29 is 27.4 Å². The molecule has 1 aliphatic carbocycles. The first-order valence-electron chi connectivity index (χ1n) is 10.9. The molecule has 4 rings (SSSR count). The van der Waals surface area contributed by atoms with E-state index in [1.54, 1.807) is 0 Å². The lowest BCUT2D eigenvalue weighted by Gasteiger charge is -2.30. The Labute approximate surface area is 189 Å². The third-order valence-corrected chi connectivity index (χ3v) is 6.59. The Kier molecular flexibility index (Phi) is 7.18. The Bertz CT molecular complexity index is 914. The summed E-state index contributed by atoms with van der Waals surface area (Å²) in [7, 11) is 0. The van der Waals surface area contributed by atoms with Gasteiger partial charge in [-0.3, -0.25) is 4.79 Å². The molecule has 1 N–H and O–H groups in total. The molecule has 1 heterocycles. The smallest absolute Gasteiger partial charge is 0.442 e. The van der Waals surface area contributed by atoms with Crippen LogP contribution < -0.4 is 14.8 Å². The third-order valence-electron chi connectivity index (χ3n) is 5.86. The normalized spacial score (nSPS) is 23.0. The molecule has 0 radical (unpaired) electrons. The van der Waals surface area contributed by atoms with E-state index in [2.05, 4.69) is 17.4 Å². The number of carbonyl (C=O) groups excluding carboxylic acids is 1. The van der Waals surface area contributed by atoms with Crippen molar-refractivity contribution >= 4 is 17.7 Å². The zero-order valence-corrected chi connectivity index (χ0v) is 18.4. The molecule has 0 spiro atoms. The number of hydrogen-bond acceptors (Lipinski definition) is 4. The lowest BCUT2D eigenvalue weighted by atomic mass is 9.93. The molecule has 2 aromatic carbocycles. The lowest BCUT2D eigenvalue weighted by molar-refractivity contribution is -0.119. The molecule has 2 aliphatic rings. The van der Waals surface area contributed by atoms with Gasteiger partial charge in [-0.05, 0) is 79.6 Å². The van der Waals surface area contributed by atoms with Gasteiger partial charge >= 0.3 is 5.51 Å². The molecule has 1 unspecified atom stereocenters. The number of halogens is 3. The summed E-state index contributed by atoms with van der Waals surface area (Å²) >= 11 is -0.304. The molecule has 172 valence electrons. The van der Waals surface area contributed by atoms with Gasteiger partial charge in [0.1, 0.15) is 17.6 Å². The van der Waals surface area contributed by atoms with Crippen molar-refractivity contribution in [2.24, 2.45) is 0 Å². The Morgan fingerprint density at radius 2 is 1.81 bits per heavy atom. The zero-order chi connectivity index (χ0) is 22.6. The van der Waals surface area contributed by atoms with E-state index in [9.17, 15) is 18.0 Å². The predicted octanol–water partition coefficient (Wildman–Crippen LogP) is 5.81. The summed E-state index contributed by atoms with van der Waals surface area (Å²) in [4.78, 5) is 11.7. The molecular formula is C24H26F3NO3S. The van der Waals surface area contributed by atoms with Crippen molar-refractivity contribution in [3.05, 3.63) is 59.7 Å². The van der Waals surface area contributed by atoms with Gasteiger partial charge in [0, 0.05) is 6.04 Å². The topological polar surface area (TPSA) is 47.6 Å². The van der Waals surface area contributed by atoms with Crippen LogP contribution in [0.15, 0.2) is 48.5 Å². The number of fused-ring (bicyclic) bond motifs is 1. The van der Waals surface area contributed by atoms with Crippen LogP contribution in [-0.4, -0.2) is 29.3 Å². The summed E-state index contributed by atoms with van der Waals surface area (Å²) in [6.07, 6.45) is 4.82. The summed E-state index contributed by atoms with van der Waals surface area (Å²) in [6, 6.07) is 16.0. The fourth-order valence-electron chi connectivity index (χ4n) is 4.27. The van der Waals surface area contributed by atoms with Crippen LogP contribution in [0.5, 0.6) is 11.5 Å². The zero-order valence-electron chi connectivity index (χ0n) is 17.6. The molecule has 2 aromatic rings. The second kappa shape index (κ2) is 10.1. The second-order valence-electron chi connectivity index (χ2n) is 8.22. The number of carbonyl (C=O) groups is 1. The predicted molar refractivity (Wildman–Crippen MR) is 118 cm³/mol. The van der Waals surface area contributed by atoms with E-state index in [-0.39, 0.29) is 30.0 Å². The highest BCUT2D eigenvalue weighted by Crippen LogP contribution is 2.37. The number of hydrogen-bond donors (Lipinski definition) is 1. The number of rotatable bonds is 6. The number of aryl methyl sites for hydroxylation is 1. The minimum atomic E-state index is -4.38.